The molecule has 116 valence electrons. The highest BCUT2D eigenvalue weighted by molar-refractivity contribution is 7.89. The maximum atomic E-state index is 12.1. The molecular weight excluding hydrogens is 324 g/mol. The molecule has 0 bridgehead atoms. The number of benzene rings is 2. The van der Waals surface area contributed by atoms with E-state index < -0.39 is 22.0 Å². The molecule has 0 aromatic heterocycles. The van der Waals surface area contributed by atoms with E-state index in [0.29, 0.717) is 10.7 Å². The third kappa shape index (κ3) is 4.30. The number of halogens is 1. The summed E-state index contributed by atoms with van der Waals surface area (Å²) in [6.45, 7) is 1.48. The molecule has 0 saturated heterocycles. The lowest BCUT2D eigenvalue weighted by Crippen LogP contribution is -2.41. The summed E-state index contributed by atoms with van der Waals surface area (Å²) in [7, 11) is -3.74. The number of sulfonamides is 1. The van der Waals surface area contributed by atoms with Crippen molar-refractivity contribution in [2.24, 2.45) is 0 Å². The predicted octanol–water partition coefficient (Wildman–Crippen LogP) is 2.65. The normalized spacial score (nSPS) is 12.6. The van der Waals surface area contributed by atoms with Crippen LogP contribution in [0.2, 0.25) is 5.02 Å². The number of carbonyl (C=O) groups is 1. The van der Waals surface area contributed by atoms with E-state index in [9.17, 15) is 13.2 Å². The van der Waals surface area contributed by atoms with Gasteiger partial charge < -0.3 is 5.32 Å². The van der Waals surface area contributed by atoms with Crippen LogP contribution >= 0.6 is 11.6 Å². The fourth-order valence-electron chi connectivity index (χ4n) is 1.74. The molecule has 22 heavy (non-hydrogen) atoms. The number of anilines is 1. The Morgan fingerprint density at radius 3 is 2.23 bits per heavy atom. The third-order valence-corrected chi connectivity index (χ3v) is 4.70. The first-order chi connectivity index (χ1) is 10.4. The SMILES string of the molecule is CC(NS(=O)(=O)c1ccccc1)C(=O)Nc1ccc(Cl)cc1. The average Bonchev–Trinajstić information content (AvgIpc) is 2.50. The summed E-state index contributed by atoms with van der Waals surface area (Å²) in [5, 5.41) is 3.17. The van der Waals surface area contributed by atoms with E-state index in [0.717, 1.165) is 0 Å². The van der Waals surface area contributed by atoms with Crippen LogP contribution in [0.1, 0.15) is 6.92 Å². The number of rotatable bonds is 5. The molecule has 0 heterocycles. The molecule has 2 rings (SSSR count). The monoisotopic (exact) mass is 338 g/mol. The molecule has 5 nitrogen and oxygen atoms in total. The molecule has 1 unspecified atom stereocenters. The lowest BCUT2D eigenvalue weighted by atomic mass is 10.3. The van der Waals surface area contributed by atoms with Gasteiger partial charge in [-0.3, -0.25) is 4.79 Å². The molecule has 2 aromatic carbocycles. The van der Waals surface area contributed by atoms with E-state index in [-0.39, 0.29) is 4.90 Å². The topological polar surface area (TPSA) is 75.3 Å². The van der Waals surface area contributed by atoms with Gasteiger partial charge >= 0.3 is 0 Å². The average molecular weight is 339 g/mol. The molecule has 0 aliphatic heterocycles. The zero-order valence-corrected chi connectivity index (χ0v) is 13.4. The second-order valence-corrected chi connectivity index (χ2v) is 6.80. The first kappa shape index (κ1) is 16.5. The molecule has 0 fully saturated rings. The van der Waals surface area contributed by atoms with Crippen LogP contribution in [0, 0.1) is 0 Å². The maximum absolute atomic E-state index is 12.1. The zero-order chi connectivity index (χ0) is 16.2. The van der Waals surface area contributed by atoms with E-state index >= 15 is 0 Å². The van der Waals surface area contributed by atoms with Crippen LogP contribution in [-0.4, -0.2) is 20.4 Å². The van der Waals surface area contributed by atoms with Gasteiger partial charge in [-0.15, -0.1) is 0 Å². The zero-order valence-electron chi connectivity index (χ0n) is 11.8. The van der Waals surface area contributed by atoms with Crippen LogP contribution in [-0.2, 0) is 14.8 Å². The Hall–Kier alpha value is -1.89. The van der Waals surface area contributed by atoms with Gasteiger partial charge in [-0.2, -0.15) is 4.72 Å². The summed E-state index contributed by atoms with van der Waals surface area (Å²) in [6, 6.07) is 13.5. The highest BCUT2D eigenvalue weighted by atomic mass is 35.5. The Morgan fingerprint density at radius 2 is 1.64 bits per heavy atom. The molecule has 1 amide bonds. The number of carbonyl (C=O) groups excluding carboxylic acids is 1. The number of hydrogen-bond acceptors (Lipinski definition) is 3. The van der Waals surface area contributed by atoms with Crippen molar-refractivity contribution < 1.29 is 13.2 Å². The van der Waals surface area contributed by atoms with Gasteiger partial charge in [-0.25, -0.2) is 8.42 Å². The Labute approximate surface area is 134 Å². The Morgan fingerprint density at radius 1 is 1.05 bits per heavy atom. The van der Waals surface area contributed by atoms with Crippen molar-refractivity contribution in [3.05, 3.63) is 59.6 Å². The van der Waals surface area contributed by atoms with Crippen molar-refractivity contribution in [3.8, 4) is 0 Å². The Bertz CT molecular complexity index is 746. The van der Waals surface area contributed by atoms with Crippen molar-refractivity contribution in [1.82, 2.24) is 4.72 Å². The van der Waals surface area contributed by atoms with Crippen LogP contribution in [0.4, 0.5) is 5.69 Å². The molecular formula is C15H15ClN2O3S. The second kappa shape index (κ2) is 6.91. The van der Waals surface area contributed by atoms with Crippen LogP contribution in [0.5, 0.6) is 0 Å². The van der Waals surface area contributed by atoms with Gasteiger partial charge in [0.1, 0.15) is 0 Å². The maximum Gasteiger partial charge on any atom is 0.242 e. The standard InChI is InChI=1S/C15H15ClN2O3S/c1-11(15(19)17-13-9-7-12(16)8-10-13)18-22(20,21)14-5-3-2-4-6-14/h2-11,18H,1H3,(H,17,19). The van der Waals surface area contributed by atoms with Gasteiger partial charge in [-0.05, 0) is 43.3 Å². The predicted molar refractivity (Wildman–Crippen MR) is 86.3 cm³/mol. The minimum absolute atomic E-state index is 0.112. The van der Waals surface area contributed by atoms with Gasteiger partial charge in [0.25, 0.3) is 0 Å². The van der Waals surface area contributed by atoms with Gasteiger partial charge in [0.15, 0.2) is 0 Å². The molecule has 2 aromatic rings. The van der Waals surface area contributed by atoms with E-state index in [4.69, 9.17) is 11.6 Å². The quantitative estimate of drug-likeness (QED) is 0.880. The fourth-order valence-corrected chi connectivity index (χ4v) is 3.09. The van der Waals surface area contributed by atoms with E-state index in [1.807, 2.05) is 0 Å². The van der Waals surface area contributed by atoms with Gasteiger partial charge in [-0.1, -0.05) is 29.8 Å². The van der Waals surface area contributed by atoms with Crippen molar-refractivity contribution in [3.63, 3.8) is 0 Å². The number of amides is 1. The molecule has 2 N–H and O–H groups in total. The summed E-state index contributed by atoms with van der Waals surface area (Å²) < 4.78 is 26.6. The largest absolute Gasteiger partial charge is 0.325 e. The van der Waals surface area contributed by atoms with E-state index in [2.05, 4.69) is 10.0 Å². The summed E-state index contributed by atoms with van der Waals surface area (Å²) in [6.07, 6.45) is 0. The summed E-state index contributed by atoms with van der Waals surface area (Å²) in [4.78, 5) is 12.1. The van der Waals surface area contributed by atoms with E-state index in [1.54, 1.807) is 42.5 Å². The minimum Gasteiger partial charge on any atom is -0.325 e. The third-order valence-electron chi connectivity index (χ3n) is 2.89. The molecule has 0 radical (unpaired) electrons. The first-order valence-electron chi connectivity index (χ1n) is 6.52. The minimum atomic E-state index is -3.74. The van der Waals surface area contributed by atoms with Crippen molar-refractivity contribution >= 4 is 33.2 Å². The van der Waals surface area contributed by atoms with Gasteiger partial charge in [0.2, 0.25) is 15.9 Å². The summed E-state index contributed by atoms with van der Waals surface area (Å²) >= 11 is 5.76. The molecule has 0 aliphatic carbocycles. The highest BCUT2D eigenvalue weighted by Gasteiger charge is 2.21. The van der Waals surface area contributed by atoms with Crippen molar-refractivity contribution in [1.29, 1.82) is 0 Å². The van der Waals surface area contributed by atoms with Crippen LogP contribution in [0.3, 0.4) is 0 Å². The van der Waals surface area contributed by atoms with Crippen molar-refractivity contribution in [2.75, 3.05) is 5.32 Å². The molecule has 0 saturated carbocycles. The smallest absolute Gasteiger partial charge is 0.242 e. The molecule has 0 aliphatic rings. The Balaban J connectivity index is 2.04. The van der Waals surface area contributed by atoms with Crippen LogP contribution in [0.25, 0.3) is 0 Å². The number of hydrogen-bond donors (Lipinski definition) is 2. The lowest BCUT2D eigenvalue weighted by Gasteiger charge is -2.14. The molecule has 7 heteroatoms. The van der Waals surface area contributed by atoms with Gasteiger partial charge in [0.05, 0.1) is 10.9 Å². The van der Waals surface area contributed by atoms with E-state index in [1.165, 1.54) is 19.1 Å². The second-order valence-electron chi connectivity index (χ2n) is 4.65. The first-order valence-corrected chi connectivity index (χ1v) is 8.38. The van der Waals surface area contributed by atoms with Crippen molar-refractivity contribution in [2.45, 2.75) is 17.9 Å². The molecule has 1 atom stereocenters. The number of nitrogens with one attached hydrogen (secondary N) is 2. The molecule has 0 spiro atoms. The lowest BCUT2D eigenvalue weighted by molar-refractivity contribution is -0.117. The van der Waals surface area contributed by atoms with Gasteiger partial charge in [0, 0.05) is 10.7 Å². The Kier molecular flexibility index (Phi) is 5.18. The summed E-state index contributed by atoms with van der Waals surface area (Å²) in [5.74, 6) is -0.457. The highest BCUT2D eigenvalue weighted by Crippen LogP contribution is 2.14. The van der Waals surface area contributed by atoms with Crippen LogP contribution < -0.4 is 10.0 Å². The summed E-state index contributed by atoms with van der Waals surface area (Å²) in [5.41, 5.74) is 0.542. The van der Waals surface area contributed by atoms with Crippen LogP contribution in [0.15, 0.2) is 59.5 Å². The fraction of sp³-hybridized carbons (Fsp3) is 0.133.